The number of hydrazine groups is 1. The third kappa shape index (κ3) is 2.22. The van der Waals surface area contributed by atoms with E-state index in [4.69, 9.17) is 11.6 Å². The summed E-state index contributed by atoms with van der Waals surface area (Å²) >= 11 is 0. The average molecular weight is 206 g/mol. The molecule has 0 radical (unpaired) electrons. The Labute approximate surface area is 90.4 Å². The molecule has 1 heterocycles. The Kier molecular flexibility index (Phi) is 2.79. The summed E-state index contributed by atoms with van der Waals surface area (Å²) in [5.74, 6) is 5.71. The lowest BCUT2D eigenvalue weighted by molar-refractivity contribution is 0.266. The van der Waals surface area contributed by atoms with Gasteiger partial charge in [-0.25, -0.2) is 5.01 Å². The van der Waals surface area contributed by atoms with Gasteiger partial charge in [-0.15, -0.1) is 0 Å². The van der Waals surface area contributed by atoms with Gasteiger partial charge in [-0.05, 0) is 24.6 Å². The van der Waals surface area contributed by atoms with Gasteiger partial charge < -0.3 is 10.6 Å². The molecule has 1 aliphatic heterocycles. The summed E-state index contributed by atoms with van der Waals surface area (Å²) < 4.78 is 0. The molecule has 1 aromatic carbocycles. The van der Waals surface area contributed by atoms with Crippen molar-refractivity contribution in [2.24, 2.45) is 5.84 Å². The molecule has 1 saturated heterocycles. The van der Waals surface area contributed by atoms with Crippen molar-refractivity contribution in [1.82, 2.24) is 5.01 Å². The van der Waals surface area contributed by atoms with Crippen LogP contribution in [0.2, 0.25) is 0 Å². The van der Waals surface area contributed by atoms with Crippen LogP contribution in [0.4, 0.5) is 11.4 Å². The van der Waals surface area contributed by atoms with Crippen LogP contribution in [0.1, 0.15) is 5.56 Å². The van der Waals surface area contributed by atoms with Crippen molar-refractivity contribution in [1.29, 1.82) is 0 Å². The van der Waals surface area contributed by atoms with E-state index in [-0.39, 0.29) is 0 Å². The summed E-state index contributed by atoms with van der Waals surface area (Å²) in [4.78, 5) is 2.32. The fraction of sp³-hybridized carbons (Fsp3) is 0.455. The molecular weight excluding hydrogens is 188 g/mol. The molecule has 0 aliphatic carbocycles. The fourth-order valence-corrected chi connectivity index (χ4v) is 1.80. The molecule has 1 aromatic rings. The highest BCUT2D eigenvalue weighted by Gasteiger charge is 2.14. The van der Waals surface area contributed by atoms with E-state index < -0.39 is 0 Å². The monoisotopic (exact) mass is 206 g/mol. The van der Waals surface area contributed by atoms with Crippen LogP contribution in [-0.2, 0) is 0 Å². The molecule has 0 saturated carbocycles. The number of nitrogens with zero attached hydrogens (tertiary/aromatic N) is 2. The molecular formula is C11H18N4. The van der Waals surface area contributed by atoms with E-state index in [1.54, 1.807) is 0 Å². The zero-order chi connectivity index (χ0) is 10.8. The summed E-state index contributed by atoms with van der Waals surface area (Å²) in [5, 5.41) is 1.86. The molecule has 0 bridgehead atoms. The van der Waals surface area contributed by atoms with Crippen molar-refractivity contribution in [3.05, 3.63) is 23.8 Å². The van der Waals surface area contributed by atoms with Gasteiger partial charge in [0.1, 0.15) is 0 Å². The molecule has 82 valence electrons. The molecule has 4 nitrogen and oxygen atoms in total. The zero-order valence-corrected chi connectivity index (χ0v) is 9.11. The van der Waals surface area contributed by atoms with Crippen LogP contribution in [0.3, 0.4) is 0 Å². The first kappa shape index (κ1) is 10.3. The van der Waals surface area contributed by atoms with E-state index in [1.807, 2.05) is 18.0 Å². The highest BCUT2D eigenvalue weighted by atomic mass is 15.4. The maximum absolute atomic E-state index is 5.89. The number of anilines is 2. The highest BCUT2D eigenvalue weighted by molar-refractivity contribution is 5.59. The van der Waals surface area contributed by atoms with Gasteiger partial charge in [-0.3, -0.25) is 5.84 Å². The van der Waals surface area contributed by atoms with Crippen molar-refractivity contribution in [2.75, 3.05) is 36.8 Å². The van der Waals surface area contributed by atoms with Crippen LogP contribution >= 0.6 is 0 Å². The minimum atomic E-state index is 0.864. The van der Waals surface area contributed by atoms with Crippen molar-refractivity contribution in [2.45, 2.75) is 6.92 Å². The lowest BCUT2D eigenvalue weighted by Crippen LogP contribution is -2.49. The maximum atomic E-state index is 5.89. The number of hydrogen-bond donors (Lipinski definition) is 2. The molecule has 1 fully saturated rings. The Morgan fingerprint density at radius 1 is 1.13 bits per heavy atom. The number of rotatable bonds is 1. The van der Waals surface area contributed by atoms with Gasteiger partial charge in [0.2, 0.25) is 0 Å². The smallest absolute Gasteiger partial charge is 0.0387 e. The summed E-state index contributed by atoms with van der Waals surface area (Å²) in [6, 6.07) is 6.23. The summed E-state index contributed by atoms with van der Waals surface area (Å²) in [5.41, 5.74) is 9.09. The molecule has 4 heteroatoms. The predicted octanol–water partition coefficient (Wildman–Crippen LogP) is 0.573. The first-order valence-electron chi connectivity index (χ1n) is 5.27. The number of piperazine rings is 1. The Hall–Kier alpha value is -1.26. The number of nitrogens with two attached hydrogens (primary N) is 2. The van der Waals surface area contributed by atoms with E-state index >= 15 is 0 Å². The van der Waals surface area contributed by atoms with Crippen LogP contribution in [0.15, 0.2) is 18.2 Å². The van der Waals surface area contributed by atoms with Crippen molar-refractivity contribution < 1.29 is 0 Å². The second kappa shape index (κ2) is 4.08. The molecule has 0 aromatic heterocycles. The Balaban J connectivity index is 2.12. The second-order valence-corrected chi connectivity index (χ2v) is 4.06. The summed E-state index contributed by atoms with van der Waals surface area (Å²) in [6.07, 6.45) is 0. The fourth-order valence-electron chi connectivity index (χ4n) is 1.80. The van der Waals surface area contributed by atoms with Crippen molar-refractivity contribution in [3.63, 3.8) is 0 Å². The van der Waals surface area contributed by atoms with Crippen molar-refractivity contribution >= 4 is 11.4 Å². The SMILES string of the molecule is Cc1ccc(N2CCN(N)CC2)cc1N. The minimum Gasteiger partial charge on any atom is -0.398 e. The van der Waals surface area contributed by atoms with Crippen LogP contribution < -0.4 is 16.5 Å². The van der Waals surface area contributed by atoms with E-state index in [1.165, 1.54) is 5.69 Å². The lowest BCUT2D eigenvalue weighted by atomic mass is 10.1. The van der Waals surface area contributed by atoms with Gasteiger partial charge in [-0.2, -0.15) is 0 Å². The number of nitrogen functional groups attached to an aromatic ring is 1. The molecule has 0 unspecified atom stereocenters. The molecule has 15 heavy (non-hydrogen) atoms. The van der Waals surface area contributed by atoms with Gasteiger partial charge >= 0.3 is 0 Å². The maximum Gasteiger partial charge on any atom is 0.0387 e. The van der Waals surface area contributed by atoms with Gasteiger partial charge in [0.15, 0.2) is 0 Å². The molecule has 1 aliphatic rings. The molecule has 0 atom stereocenters. The molecule has 4 N–H and O–H groups in total. The van der Waals surface area contributed by atoms with Gasteiger partial charge in [0, 0.05) is 37.6 Å². The quantitative estimate of drug-likeness (QED) is 0.521. The molecule has 0 spiro atoms. The number of benzene rings is 1. The second-order valence-electron chi connectivity index (χ2n) is 4.06. The van der Waals surface area contributed by atoms with E-state index in [2.05, 4.69) is 17.0 Å². The first-order chi connectivity index (χ1) is 7.16. The normalized spacial score (nSPS) is 18.1. The lowest BCUT2D eigenvalue weighted by Gasteiger charge is -2.33. The van der Waals surface area contributed by atoms with Crippen LogP contribution in [-0.4, -0.2) is 31.2 Å². The highest BCUT2D eigenvalue weighted by Crippen LogP contribution is 2.21. The van der Waals surface area contributed by atoms with E-state index in [0.717, 1.165) is 37.4 Å². The topological polar surface area (TPSA) is 58.5 Å². The van der Waals surface area contributed by atoms with Crippen LogP contribution in [0, 0.1) is 6.92 Å². The predicted molar refractivity (Wildman–Crippen MR) is 63.6 cm³/mol. The Bertz CT molecular complexity index is 342. The van der Waals surface area contributed by atoms with Crippen LogP contribution in [0.5, 0.6) is 0 Å². The zero-order valence-electron chi connectivity index (χ0n) is 9.11. The van der Waals surface area contributed by atoms with E-state index in [0.29, 0.717) is 0 Å². The summed E-state index contributed by atoms with van der Waals surface area (Å²) in [7, 11) is 0. The largest absolute Gasteiger partial charge is 0.398 e. The molecule has 0 amide bonds. The third-order valence-corrected chi connectivity index (χ3v) is 2.94. The number of hydrogen-bond acceptors (Lipinski definition) is 4. The van der Waals surface area contributed by atoms with Gasteiger partial charge in [-0.1, -0.05) is 6.07 Å². The van der Waals surface area contributed by atoms with E-state index in [9.17, 15) is 0 Å². The standard InChI is InChI=1S/C11H18N4/c1-9-2-3-10(8-11(9)12)14-4-6-15(13)7-5-14/h2-3,8H,4-7,12-13H2,1H3. The first-order valence-corrected chi connectivity index (χ1v) is 5.27. The molecule has 2 rings (SSSR count). The average Bonchev–Trinajstić information content (AvgIpc) is 2.23. The number of aryl methyl sites for hydroxylation is 1. The minimum absolute atomic E-state index is 0.864. The van der Waals surface area contributed by atoms with Crippen molar-refractivity contribution in [3.8, 4) is 0 Å². The van der Waals surface area contributed by atoms with Gasteiger partial charge in [0.25, 0.3) is 0 Å². The van der Waals surface area contributed by atoms with Crippen LogP contribution in [0.25, 0.3) is 0 Å². The third-order valence-electron chi connectivity index (χ3n) is 2.94. The Morgan fingerprint density at radius 3 is 2.40 bits per heavy atom. The Morgan fingerprint density at radius 2 is 1.80 bits per heavy atom. The van der Waals surface area contributed by atoms with Gasteiger partial charge in [0.05, 0.1) is 0 Å². The summed E-state index contributed by atoms with van der Waals surface area (Å²) in [6.45, 7) is 5.79.